The lowest BCUT2D eigenvalue weighted by atomic mass is 9.83. The fourth-order valence-corrected chi connectivity index (χ4v) is 5.78. The number of carbonyl (C=O) groups is 2. The smallest absolute Gasteiger partial charge is 0.338 e. The molecule has 0 aliphatic carbocycles. The first kappa shape index (κ1) is 24.1. The second kappa shape index (κ2) is 9.32. The van der Waals surface area contributed by atoms with Gasteiger partial charge in [-0.3, -0.25) is 4.79 Å². The highest BCUT2D eigenvalue weighted by molar-refractivity contribution is 7.89. The number of rotatable bonds is 6. The van der Waals surface area contributed by atoms with Gasteiger partial charge in [0.25, 0.3) is 0 Å². The fraction of sp³-hybridized carbons (Fsp3) is 0.360. The molecule has 0 saturated carbocycles. The van der Waals surface area contributed by atoms with Crippen LogP contribution in [-0.2, 0) is 29.7 Å². The third-order valence-corrected chi connectivity index (χ3v) is 8.19. The predicted molar refractivity (Wildman–Crippen MR) is 127 cm³/mol. The number of morpholine rings is 1. The van der Waals surface area contributed by atoms with E-state index in [1.54, 1.807) is 0 Å². The normalized spacial score (nSPS) is 19.1. The van der Waals surface area contributed by atoms with E-state index in [1.165, 1.54) is 34.6 Å². The number of ketones is 1. The molecule has 180 valence electrons. The van der Waals surface area contributed by atoms with Crippen LogP contribution in [0.5, 0.6) is 0 Å². The molecule has 0 unspecified atom stereocenters. The number of para-hydroxylation sites is 1. The number of nitrogens with zero attached hydrogens (tertiary/aromatic N) is 2. The largest absolute Gasteiger partial charge is 0.454 e. The van der Waals surface area contributed by atoms with Gasteiger partial charge in [0, 0.05) is 43.0 Å². The van der Waals surface area contributed by atoms with Crippen LogP contribution in [0.25, 0.3) is 0 Å². The van der Waals surface area contributed by atoms with Crippen LogP contribution in [0.1, 0.15) is 29.8 Å². The summed E-state index contributed by atoms with van der Waals surface area (Å²) in [6, 6.07) is 13.5. The van der Waals surface area contributed by atoms with Crippen molar-refractivity contribution in [2.45, 2.75) is 24.2 Å². The maximum absolute atomic E-state index is 12.7. The van der Waals surface area contributed by atoms with Crippen molar-refractivity contribution in [3.8, 4) is 0 Å². The van der Waals surface area contributed by atoms with E-state index < -0.39 is 22.6 Å². The van der Waals surface area contributed by atoms with Crippen LogP contribution in [0.2, 0.25) is 0 Å². The molecule has 0 spiro atoms. The molecule has 0 atom stereocenters. The summed E-state index contributed by atoms with van der Waals surface area (Å²) in [7, 11) is -1.74. The quantitative estimate of drug-likeness (QED) is 0.460. The molecule has 4 rings (SSSR count). The van der Waals surface area contributed by atoms with E-state index in [0.717, 1.165) is 16.9 Å². The van der Waals surface area contributed by atoms with E-state index in [1.807, 2.05) is 50.1 Å². The van der Waals surface area contributed by atoms with Gasteiger partial charge in [0.2, 0.25) is 10.0 Å². The maximum Gasteiger partial charge on any atom is 0.338 e. The van der Waals surface area contributed by atoms with E-state index in [9.17, 15) is 18.0 Å². The number of fused-ring (bicyclic) bond motifs is 1. The monoisotopic (exact) mass is 484 g/mol. The molecular formula is C25H28N2O6S. The molecule has 0 N–H and O–H groups in total. The first-order valence-corrected chi connectivity index (χ1v) is 12.5. The molecule has 2 aromatic carbocycles. The van der Waals surface area contributed by atoms with Crippen molar-refractivity contribution >= 4 is 27.5 Å². The second-order valence-electron chi connectivity index (χ2n) is 8.81. The topological polar surface area (TPSA) is 93.2 Å². The number of carbonyl (C=O) groups excluding carboxylic acids is 2. The molecule has 1 fully saturated rings. The van der Waals surface area contributed by atoms with E-state index >= 15 is 0 Å². The summed E-state index contributed by atoms with van der Waals surface area (Å²) in [5.41, 5.74) is 2.81. The fourth-order valence-electron chi connectivity index (χ4n) is 4.37. The van der Waals surface area contributed by atoms with Gasteiger partial charge < -0.3 is 14.4 Å². The van der Waals surface area contributed by atoms with Crippen LogP contribution in [0.3, 0.4) is 0 Å². The summed E-state index contributed by atoms with van der Waals surface area (Å²) in [4.78, 5) is 27.1. The van der Waals surface area contributed by atoms with Crippen molar-refractivity contribution in [3.63, 3.8) is 0 Å². The Bertz CT molecular complexity index is 1230. The van der Waals surface area contributed by atoms with Crippen LogP contribution < -0.4 is 4.90 Å². The molecule has 8 nitrogen and oxygen atoms in total. The van der Waals surface area contributed by atoms with Gasteiger partial charge in [0.1, 0.15) is 0 Å². The van der Waals surface area contributed by atoms with E-state index in [2.05, 4.69) is 0 Å². The Morgan fingerprint density at radius 2 is 1.71 bits per heavy atom. The Kier molecular flexibility index (Phi) is 6.62. The highest BCUT2D eigenvalue weighted by atomic mass is 32.2. The lowest BCUT2D eigenvalue weighted by Crippen LogP contribution is -2.40. The molecule has 34 heavy (non-hydrogen) atoms. The molecule has 1 saturated heterocycles. The lowest BCUT2D eigenvalue weighted by molar-refractivity contribution is -0.117. The van der Waals surface area contributed by atoms with Gasteiger partial charge in [-0.25, -0.2) is 13.2 Å². The van der Waals surface area contributed by atoms with Crippen LogP contribution in [0.15, 0.2) is 65.2 Å². The SMILES string of the molecule is CN1/C(=C\C(=O)COC(=O)c2ccc(S(=O)(=O)N3CCOCC3)cc2)C(C)(C)c2ccccc21. The van der Waals surface area contributed by atoms with Crippen LogP contribution in [0.4, 0.5) is 5.69 Å². The summed E-state index contributed by atoms with van der Waals surface area (Å²) < 4.78 is 37.2. The Balaban J connectivity index is 1.40. The minimum Gasteiger partial charge on any atom is -0.454 e. The Morgan fingerprint density at radius 1 is 1.06 bits per heavy atom. The summed E-state index contributed by atoms with van der Waals surface area (Å²) in [5, 5.41) is 0. The third-order valence-electron chi connectivity index (χ3n) is 6.28. The summed E-state index contributed by atoms with van der Waals surface area (Å²) >= 11 is 0. The van der Waals surface area contributed by atoms with E-state index in [-0.39, 0.29) is 21.7 Å². The molecule has 0 bridgehead atoms. The van der Waals surface area contributed by atoms with Crippen molar-refractivity contribution in [2.75, 3.05) is 44.9 Å². The zero-order chi connectivity index (χ0) is 24.5. The first-order chi connectivity index (χ1) is 16.1. The molecule has 2 aromatic rings. The Morgan fingerprint density at radius 3 is 2.35 bits per heavy atom. The van der Waals surface area contributed by atoms with Crippen molar-refractivity contribution < 1.29 is 27.5 Å². The van der Waals surface area contributed by atoms with E-state index in [0.29, 0.717) is 26.3 Å². The van der Waals surface area contributed by atoms with Gasteiger partial charge in [-0.05, 0) is 35.9 Å². The second-order valence-corrected chi connectivity index (χ2v) is 10.8. The standard InChI is InChI=1S/C25H28N2O6S/c1-25(2)21-6-4-5-7-22(21)26(3)23(25)16-19(28)17-33-24(29)18-8-10-20(11-9-18)34(30,31)27-12-14-32-15-13-27/h4-11,16H,12-15,17H2,1-3H3/b23-16-. The highest BCUT2D eigenvalue weighted by Crippen LogP contribution is 2.46. The molecule has 2 heterocycles. The van der Waals surface area contributed by atoms with Crippen LogP contribution >= 0.6 is 0 Å². The number of ether oxygens (including phenoxy) is 2. The average molecular weight is 485 g/mol. The Labute approximate surface area is 199 Å². The number of hydrogen-bond donors (Lipinski definition) is 0. The summed E-state index contributed by atoms with van der Waals surface area (Å²) in [6.07, 6.45) is 1.52. The number of likely N-dealkylation sites (N-methyl/N-ethyl adjacent to an activating group) is 1. The van der Waals surface area contributed by atoms with Crippen molar-refractivity contribution in [3.05, 3.63) is 71.4 Å². The minimum absolute atomic E-state index is 0.0952. The number of allylic oxidation sites excluding steroid dienone is 1. The highest BCUT2D eigenvalue weighted by Gasteiger charge is 2.38. The number of esters is 1. The van der Waals surface area contributed by atoms with Gasteiger partial charge in [-0.1, -0.05) is 32.0 Å². The minimum atomic E-state index is -3.65. The predicted octanol–water partition coefficient (Wildman–Crippen LogP) is 2.74. The van der Waals surface area contributed by atoms with Crippen molar-refractivity contribution in [1.29, 1.82) is 0 Å². The molecule has 2 aliphatic rings. The van der Waals surface area contributed by atoms with Gasteiger partial charge in [-0.2, -0.15) is 4.31 Å². The summed E-state index contributed by atoms with van der Waals surface area (Å²) in [6.45, 7) is 4.98. The van der Waals surface area contributed by atoms with Gasteiger partial charge >= 0.3 is 5.97 Å². The van der Waals surface area contributed by atoms with Crippen molar-refractivity contribution in [2.24, 2.45) is 0 Å². The lowest BCUT2D eigenvalue weighted by Gasteiger charge is -2.26. The van der Waals surface area contributed by atoms with Gasteiger partial charge in [0.05, 0.1) is 23.7 Å². The van der Waals surface area contributed by atoms with Crippen LogP contribution in [-0.4, -0.2) is 64.4 Å². The number of benzene rings is 2. The zero-order valence-electron chi connectivity index (χ0n) is 19.5. The maximum atomic E-state index is 12.7. The van der Waals surface area contributed by atoms with Gasteiger partial charge in [-0.15, -0.1) is 0 Å². The molecule has 2 aliphatic heterocycles. The third kappa shape index (κ3) is 4.51. The molecular weight excluding hydrogens is 456 g/mol. The number of sulfonamides is 1. The molecule has 0 amide bonds. The van der Waals surface area contributed by atoms with E-state index in [4.69, 9.17) is 9.47 Å². The van der Waals surface area contributed by atoms with Crippen LogP contribution in [0, 0.1) is 0 Å². The number of anilines is 1. The average Bonchev–Trinajstić information content (AvgIpc) is 3.04. The molecule has 0 aromatic heterocycles. The Hall–Kier alpha value is -3.01. The van der Waals surface area contributed by atoms with Crippen molar-refractivity contribution in [1.82, 2.24) is 4.31 Å². The zero-order valence-corrected chi connectivity index (χ0v) is 20.3. The number of hydrogen-bond acceptors (Lipinski definition) is 7. The molecule has 0 radical (unpaired) electrons. The summed E-state index contributed by atoms with van der Waals surface area (Å²) in [5.74, 6) is -1.02. The van der Waals surface area contributed by atoms with Gasteiger partial charge in [0.15, 0.2) is 12.4 Å². The first-order valence-electron chi connectivity index (χ1n) is 11.1. The molecule has 9 heteroatoms.